The summed E-state index contributed by atoms with van der Waals surface area (Å²) in [6.45, 7) is 6.96. The van der Waals surface area contributed by atoms with Gasteiger partial charge in [-0.15, -0.1) is 0 Å². The Morgan fingerprint density at radius 2 is 2.12 bits per heavy atom. The minimum Gasteiger partial charge on any atom is -0.353 e. The molecule has 2 aromatic rings. The summed E-state index contributed by atoms with van der Waals surface area (Å²) in [7, 11) is 0. The molecule has 0 bridgehead atoms. The second-order valence-electron chi connectivity index (χ2n) is 6.23. The molecule has 2 amide bonds. The Morgan fingerprint density at radius 3 is 2.83 bits per heavy atom. The lowest BCUT2D eigenvalue weighted by molar-refractivity contribution is -0.127. The fourth-order valence-corrected chi connectivity index (χ4v) is 3.32. The third-order valence-corrected chi connectivity index (χ3v) is 4.62. The van der Waals surface area contributed by atoms with Gasteiger partial charge in [-0.3, -0.25) is 14.6 Å². The number of fused-ring (bicyclic) bond motifs is 1. The molecule has 0 aliphatic carbocycles. The minimum absolute atomic E-state index is 0.0681. The zero-order chi connectivity index (χ0) is 17.3. The average Bonchev–Trinajstić information content (AvgIpc) is 2.59. The highest BCUT2D eigenvalue weighted by atomic mass is 16.2. The van der Waals surface area contributed by atoms with Crippen LogP contribution in [0.1, 0.15) is 41.9 Å². The molecular formula is C19H23N3O2. The summed E-state index contributed by atoms with van der Waals surface area (Å²) in [5.74, 6) is -0.151. The first-order valence-corrected chi connectivity index (χ1v) is 8.54. The Labute approximate surface area is 142 Å². The first-order valence-electron chi connectivity index (χ1n) is 8.54. The van der Waals surface area contributed by atoms with Crippen molar-refractivity contribution in [2.45, 2.75) is 39.7 Å². The average molecular weight is 325 g/mol. The van der Waals surface area contributed by atoms with Crippen LogP contribution in [0.25, 0.3) is 10.9 Å². The Morgan fingerprint density at radius 1 is 1.33 bits per heavy atom. The van der Waals surface area contributed by atoms with Crippen LogP contribution in [0.4, 0.5) is 0 Å². The maximum absolute atomic E-state index is 13.2. The molecule has 1 N–H and O–H groups in total. The van der Waals surface area contributed by atoms with Crippen molar-refractivity contribution < 1.29 is 9.59 Å². The number of hydrogen-bond acceptors (Lipinski definition) is 3. The van der Waals surface area contributed by atoms with Crippen molar-refractivity contribution in [3.63, 3.8) is 0 Å². The van der Waals surface area contributed by atoms with Gasteiger partial charge in [0.05, 0.1) is 11.1 Å². The van der Waals surface area contributed by atoms with Crippen LogP contribution in [-0.2, 0) is 11.2 Å². The maximum Gasteiger partial charge on any atom is 0.255 e. The van der Waals surface area contributed by atoms with E-state index < -0.39 is 6.04 Å². The van der Waals surface area contributed by atoms with Crippen LogP contribution in [0.15, 0.2) is 24.3 Å². The summed E-state index contributed by atoms with van der Waals surface area (Å²) >= 11 is 0. The Kier molecular flexibility index (Phi) is 4.51. The summed E-state index contributed by atoms with van der Waals surface area (Å²) in [4.78, 5) is 31.5. The van der Waals surface area contributed by atoms with Crippen molar-refractivity contribution in [2.24, 2.45) is 0 Å². The van der Waals surface area contributed by atoms with E-state index in [1.165, 1.54) is 5.56 Å². The van der Waals surface area contributed by atoms with E-state index in [0.717, 1.165) is 23.0 Å². The molecule has 3 rings (SSSR count). The number of nitrogens with one attached hydrogen (secondary N) is 1. The number of carbonyl (C=O) groups is 2. The molecule has 1 fully saturated rings. The molecule has 5 nitrogen and oxygen atoms in total. The molecule has 0 saturated carbocycles. The number of pyridine rings is 1. The molecule has 0 unspecified atom stereocenters. The molecule has 5 heteroatoms. The Bertz CT molecular complexity index is 801. The molecule has 1 aromatic heterocycles. The van der Waals surface area contributed by atoms with Crippen LogP contribution in [0.5, 0.6) is 0 Å². The molecular weight excluding hydrogens is 302 g/mol. The van der Waals surface area contributed by atoms with Gasteiger partial charge in [-0.1, -0.05) is 19.9 Å². The summed E-state index contributed by atoms with van der Waals surface area (Å²) in [5.41, 5.74) is 3.45. The van der Waals surface area contributed by atoms with E-state index in [-0.39, 0.29) is 11.8 Å². The van der Waals surface area contributed by atoms with E-state index in [2.05, 4.69) is 17.2 Å². The van der Waals surface area contributed by atoms with Crippen molar-refractivity contribution in [3.8, 4) is 0 Å². The van der Waals surface area contributed by atoms with Gasteiger partial charge in [-0.05, 0) is 43.5 Å². The zero-order valence-corrected chi connectivity index (χ0v) is 14.4. The second-order valence-corrected chi connectivity index (χ2v) is 6.23. The van der Waals surface area contributed by atoms with Gasteiger partial charge in [0.1, 0.15) is 6.04 Å². The highest BCUT2D eigenvalue weighted by Gasteiger charge is 2.32. The molecule has 1 aliphatic rings. The number of aromatic nitrogens is 1. The van der Waals surface area contributed by atoms with E-state index in [1.807, 2.05) is 38.1 Å². The number of nitrogens with zero attached hydrogens (tertiary/aromatic N) is 2. The Hall–Kier alpha value is -2.43. The second kappa shape index (κ2) is 6.59. The molecule has 0 radical (unpaired) electrons. The number of hydrogen-bond donors (Lipinski definition) is 1. The summed E-state index contributed by atoms with van der Waals surface area (Å²) in [6.07, 6.45) is 1.51. The Balaban J connectivity index is 2.10. The van der Waals surface area contributed by atoms with Gasteiger partial charge in [0.2, 0.25) is 5.91 Å². The number of rotatable bonds is 3. The van der Waals surface area contributed by atoms with E-state index in [4.69, 9.17) is 0 Å². The van der Waals surface area contributed by atoms with Crippen molar-refractivity contribution in [3.05, 3.63) is 41.1 Å². The predicted molar refractivity (Wildman–Crippen MR) is 94.0 cm³/mol. The molecule has 2 heterocycles. The lowest BCUT2D eigenvalue weighted by Gasteiger charge is -2.34. The van der Waals surface area contributed by atoms with Crippen LogP contribution < -0.4 is 5.32 Å². The van der Waals surface area contributed by atoms with Gasteiger partial charge in [0.15, 0.2) is 0 Å². The number of benzene rings is 1. The predicted octanol–water partition coefficient (Wildman–Crippen LogP) is 2.46. The largest absolute Gasteiger partial charge is 0.353 e. The van der Waals surface area contributed by atoms with Gasteiger partial charge >= 0.3 is 0 Å². The number of aryl methyl sites for hydroxylation is 2. The van der Waals surface area contributed by atoms with Gasteiger partial charge in [-0.25, -0.2) is 0 Å². The lowest BCUT2D eigenvalue weighted by atomic mass is 10.0. The van der Waals surface area contributed by atoms with Crippen LogP contribution in [0, 0.1) is 6.92 Å². The van der Waals surface area contributed by atoms with Gasteiger partial charge in [-0.2, -0.15) is 0 Å². The lowest BCUT2D eigenvalue weighted by Crippen LogP contribution is -2.56. The fourth-order valence-electron chi connectivity index (χ4n) is 3.32. The van der Waals surface area contributed by atoms with Crippen LogP contribution in [0.2, 0.25) is 0 Å². The molecule has 1 atom stereocenters. The van der Waals surface area contributed by atoms with Crippen LogP contribution >= 0.6 is 0 Å². The summed E-state index contributed by atoms with van der Waals surface area (Å²) in [5, 5.41) is 3.71. The summed E-state index contributed by atoms with van der Waals surface area (Å²) in [6, 6.07) is 7.50. The number of piperazine rings is 1. The quantitative estimate of drug-likeness (QED) is 0.943. The van der Waals surface area contributed by atoms with Gasteiger partial charge in [0.25, 0.3) is 5.91 Å². The van der Waals surface area contributed by atoms with Crippen molar-refractivity contribution >= 4 is 22.7 Å². The highest BCUT2D eigenvalue weighted by molar-refractivity contribution is 6.07. The van der Waals surface area contributed by atoms with Crippen molar-refractivity contribution in [1.29, 1.82) is 0 Å². The zero-order valence-electron chi connectivity index (χ0n) is 14.4. The SMILES string of the molecule is CCc1ccc2nc(C)cc(C(=O)N3CCNC(=O)[C@H]3CC)c2c1. The molecule has 1 saturated heterocycles. The van der Waals surface area contributed by atoms with Gasteiger partial charge in [0, 0.05) is 24.2 Å². The minimum atomic E-state index is -0.399. The molecule has 1 aromatic carbocycles. The summed E-state index contributed by atoms with van der Waals surface area (Å²) < 4.78 is 0. The highest BCUT2D eigenvalue weighted by Crippen LogP contribution is 2.23. The maximum atomic E-state index is 13.2. The van der Waals surface area contributed by atoms with Crippen LogP contribution in [0.3, 0.4) is 0 Å². The molecule has 1 aliphatic heterocycles. The topological polar surface area (TPSA) is 62.3 Å². The number of carbonyl (C=O) groups excluding carboxylic acids is 2. The molecule has 126 valence electrons. The van der Waals surface area contributed by atoms with E-state index >= 15 is 0 Å². The standard InChI is InChI=1S/C19H23N3O2/c1-4-13-6-7-16-14(11-13)15(10-12(3)21-16)19(24)22-9-8-20-18(23)17(22)5-2/h6-7,10-11,17H,4-5,8-9H2,1-3H3,(H,20,23)/t17-/m1/s1. The van der Waals surface area contributed by atoms with Crippen LogP contribution in [-0.4, -0.2) is 40.8 Å². The smallest absolute Gasteiger partial charge is 0.255 e. The fraction of sp³-hybridized carbons (Fsp3) is 0.421. The van der Waals surface area contributed by atoms with E-state index in [0.29, 0.717) is 25.1 Å². The first-order chi connectivity index (χ1) is 11.5. The third-order valence-electron chi connectivity index (χ3n) is 4.62. The van der Waals surface area contributed by atoms with Gasteiger partial charge < -0.3 is 10.2 Å². The molecule has 0 spiro atoms. The third kappa shape index (κ3) is 2.86. The van der Waals surface area contributed by atoms with Crippen molar-refractivity contribution in [1.82, 2.24) is 15.2 Å². The first kappa shape index (κ1) is 16.4. The van der Waals surface area contributed by atoms with Crippen molar-refractivity contribution in [2.75, 3.05) is 13.1 Å². The molecule has 24 heavy (non-hydrogen) atoms. The normalized spacial score (nSPS) is 17.9. The monoisotopic (exact) mass is 325 g/mol. The van der Waals surface area contributed by atoms with E-state index in [9.17, 15) is 9.59 Å². The number of amides is 2. The van der Waals surface area contributed by atoms with E-state index in [1.54, 1.807) is 4.90 Å².